The van der Waals surface area contributed by atoms with Crippen molar-refractivity contribution < 1.29 is 13.2 Å². The molecule has 0 N–H and O–H groups in total. The number of fused-ring (bicyclic) bond motifs is 1. The van der Waals surface area contributed by atoms with Crippen molar-refractivity contribution in [1.82, 2.24) is 4.31 Å². The molecule has 0 bridgehead atoms. The third-order valence-corrected chi connectivity index (χ3v) is 8.31. The molecule has 3 heterocycles. The molecule has 1 saturated heterocycles. The van der Waals surface area contributed by atoms with E-state index in [9.17, 15) is 13.2 Å². The topological polar surface area (TPSA) is 57.7 Å². The molecule has 2 aromatic rings. The standard InChI is InChI=1S/C19H22N2O3S2/c1-14-18(26(23,24)20-10-4-5-11-20)13-17(25-14)19(22)21-12-6-8-15-7-2-3-9-16(15)21/h2-3,7,9,13H,4-6,8,10-12H2,1H3. The van der Waals surface area contributed by atoms with Gasteiger partial charge in [-0.05, 0) is 50.3 Å². The maximum atomic E-state index is 13.1. The highest BCUT2D eigenvalue weighted by molar-refractivity contribution is 7.89. The van der Waals surface area contributed by atoms with E-state index in [1.165, 1.54) is 21.2 Å². The van der Waals surface area contributed by atoms with Crippen LogP contribution in [-0.2, 0) is 16.4 Å². The lowest BCUT2D eigenvalue weighted by Gasteiger charge is -2.29. The summed E-state index contributed by atoms with van der Waals surface area (Å²) in [6.07, 6.45) is 3.70. The second kappa shape index (κ2) is 6.79. The van der Waals surface area contributed by atoms with Gasteiger partial charge in [-0.2, -0.15) is 4.31 Å². The number of carbonyl (C=O) groups is 1. The summed E-state index contributed by atoms with van der Waals surface area (Å²) in [6.45, 7) is 3.59. The van der Waals surface area contributed by atoms with Crippen LogP contribution in [0.1, 0.15) is 39.4 Å². The van der Waals surface area contributed by atoms with Gasteiger partial charge in [0.15, 0.2) is 0 Å². The molecule has 138 valence electrons. The first-order valence-electron chi connectivity index (χ1n) is 8.99. The van der Waals surface area contributed by atoms with E-state index in [-0.39, 0.29) is 10.8 Å². The summed E-state index contributed by atoms with van der Waals surface area (Å²) in [6, 6.07) is 9.52. The number of benzene rings is 1. The normalized spacial score (nSPS) is 18.1. The SMILES string of the molecule is Cc1sc(C(=O)N2CCCc3ccccc32)cc1S(=O)(=O)N1CCCC1. The number of nitrogens with zero attached hydrogens (tertiary/aromatic N) is 2. The summed E-state index contributed by atoms with van der Waals surface area (Å²) < 4.78 is 27.3. The second-order valence-electron chi connectivity index (χ2n) is 6.83. The van der Waals surface area contributed by atoms with E-state index < -0.39 is 10.0 Å². The fraction of sp³-hybridized carbons (Fsp3) is 0.421. The van der Waals surface area contributed by atoms with Gasteiger partial charge >= 0.3 is 0 Å². The number of para-hydroxylation sites is 1. The number of hydrogen-bond donors (Lipinski definition) is 0. The van der Waals surface area contributed by atoms with Gasteiger partial charge in [0.05, 0.1) is 9.77 Å². The number of hydrogen-bond acceptors (Lipinski definition) is 4. The van der Waals surface area contributed by atoms with Crippen molar-refractivity contribution >= 4 is 33.0 Å². The molecular weight excluding hydrogens is 368 g/mol. The van der Waals surface area contributed by atoms with Crippen LogP contribution in [0.4, 0.5) is 5.69 Å². The fourth-order valence-electron chi connectivity index (χ4n) is 3.77. The zero-order valence-corrected chi connectivity index (χ0v) is 16.4. The first-order chi connectivity index (χ1) is 12.5. The van der Waals surface area contributed by atoms with Gasteiger partial charge in [-0.15, -0.1) is 11.3 Å². The third kappa shape index (κ3) is 2.98. The van der Waals surface area contributed by atoms with Crippen molar-refractivity contribution in [3.8, 4) is 0 Å². The Bertz CT molecular complexity index is 943. The van der Waals surface area contributed by atoms with Crippen molar-refractivity contribution in [3.05, 3.63) is 45.6 Å². The van der Waals surface area contributed by atoms with E-state index in [1.807, 2.05) is 18.2 Å². The second-order valence-corrected chi connectivity index (χ2v) is 9.99. The summed E-state index contributed by atoms with van der Waals surface area (Å²) in [5.74, 6) is -0.104. The summed E-state index contributed by atoms with van der Waals surface area (Å²) in [5, 5.41) is 0. The summed E-state index contributed by atoms with van der Waals surface area (Å²) in [7, 11) is -3.50. The quantitative estimate of drug-likeness (QED) is 0.807. The number of carbonyl (C=O) groups excluding carboxylic acids is 1. The van der Waals surface area contributed by atoms with Crippen LogP contribution in [0.3, 0.4) is 0 Å². The van der Waals surface area contributed by atoms with Gasteiger partial charge in [-0.25, -0.2) is 8.42 Å². The Morgan fingerprint density at radius 2 is 1.81 bits per heavy atom. The van der Waals surface area contributed by atoms with Crippen LogP contribution in [0.5, 0.6) is 0 Å². The Hall–Kier alpha value is -1.70. The Balaban J connectivity index is 1.67. The number of thiophene rings is 1. The fourth-order valence-corrected chi connectivity index (χ4v) is 6.80. The molecule has 2 aliphatic heterocycles. The molecule has 0 aliphatic carbocycles. The molecule has 0 unspecified atom stereocenters. The predicted molar refractivity (Wildman–Crippen MR) is 103 cm³/mol. The van der Waals surface area contributed by atoms with E-state index in [0.717, 1.165) is 31.4 Å². The Labute approximate surface area is 158 Å². The Morgan fingerprint density at radius 3 is 2.58 bits per heavy atom. The highest BCUT2D eigenvalue weighted by Crippen LogP contribution is 2.33. The maximum Gasteiger partial charge on any atom is 0.268 e. The highest BCUT2D eigenvalue weighted by atomic mass is 32.2. The maximum absolute atomic E-state index is 13.1. The molecule has 1 aromatic heterocycles. The molecule has 1 amide bonds. The van der Waals surface area contributed by atoms with Crippen molar-refractivity contribution in [2.24, 2.45) is 0 Å². The highest BCUT2D eigenvalue weighted by Gasteiger charge is 2.32. The van der Waals surface area contributed by atoms with Crippen molar-refractivity contribution in [2.75, 3.05) is 24.5 Å². The monoisotopic (exact) mass is 390 g/mol. The molecule has 5 nitrogen and oxygen atoms in total. The molecule has 0 radical (unpaired) electrons. The minimum absolute atomic E-state index is 0.104. The van der Waals surface area contributed by atoms with Crippen LogP contribution in [0.25, 0.3) is 0 Å². The van der Waals surface area contributed by atoms with E-state index in [0.29, 0.717) is 29.4 Å². The molecule has 0 spiro atoms. The van der Waals surface area contributed by atoms with Crippen LogP contribution in [-0.4, -0.2) is 38.3 Å². The smallest absolute Gasteiger partial charge is 0.268 e. The zero-order valence-electron chi connectivity index (χ0n) is 14.8. The van der Waals surface area contributed by atoms with Crippen molar-refractivity contribution in [2.45, 2.75) is 37.5 Å². The van der Waals surface area contributed by atoms with E-state index in [2.05, 4.69) is 6.07 Å². The minimum atomic E-state index is -3.50. The third-order valence-electron chi connectivity index (χ3n) is 5.12. The average molecular weight is 391 g/mol. The van der Waals surface area contributed by atoms with E-state index >= 15 is 0 Å². The summed E-state index contributed by atoms with van der Waals surface area (Å²) in [4.78, 5) is 16.4. The molecule has 2 aliphatic rings. The molecule has 0 saturated carbocycles. The first kappa shape index (κ1) is 17.7. The molecule has 1 aromatic carbocycles. The van der Waals surface area contributed by atoms with Gasteiger partial charge in [0, 0.05) is 30.2 Å². The lowest BCUT2D eigenvalue weighted by atomic mass is 10.0. The van der Waals surface area contributed by atoms with Gasteiger partial charge in [-0.3, -0.25) is 4.79 Å². The van der Waals surface area contributed by atoms with Gasteiger partial charge in [0.25, 0.3) is 5.91 Å². The van der Waals surface area contributed by atoms with E-state index in [1.54, 1.807) is 17.9 Å². The molecular formula is C19H22N2O3S2. The van der Waals surface area contributed by atoms with Gasteiger partial charge in [0.1, 0.15) is 0 Å². The zero-order chi connectivity index (χ0) is 18.3. The van der Waals surface area contributed by atoms with Crippen LogP contribution >= 0.6 is 11.3 Å². The largest absolute Gasteiger partial charge is 0.307 e. The Kier molecular flexibility index (Phi) is 4.62. The Morgan fingerprint density at radius 1 is 1.08 bits per heavy atom. The average Bonchev–Trinajstić information content (AvgIpc) is 3.31. The predicted octanol–water partition coefficient (Wildman–Crippen LogP) is 3.43. The number of rotatable bonds is 3. The summed E-state index contributed by atoms with van der Waals surface area (Å²) in [5.41, 5.74) is 2.11. The number of aryl methyl sites for hydroxylation is 2. The molecule has 7 heteroatoms. The number of sulfonamides is 1. The van der Waals surface area contributed by atoms with E-state index in [4.69, 9.17) is 0 Å². The van der Waals surface area contributed by atoms with Crippen molar-refractivity contribution in [3.63, 3.8) is 0 Å². The van der Waals surface area contributed by atoms with Gasteiger partial charge in [0.2, 0.25) is 10.0 Å². The van der Waals surface area contributed by atoms with Crippen LogP contribution in [0.2, 0.25) is 0 Å². The molecule has 0 atom stereocenters. The summed E-state index contributed by atoms with van der Waals surface area (Å²) >= 11 is 1.28. The minimum Gasteiger partial charge on any atom is -0.307 e. The molecule has 1 fully saturated rings. The van der Waals surface area contributed by atoms with Crippen LogP contribution in [0.15, 0.2) is 35.2 Å². The van der Waals surface area contributed by atoms with Crippen LogP contribution in [0, 0.1) is 6.92 Å². The van der Waals surface area contributed by atoms with Gasteiger partial charge < -0.3 is 4.90 Å². The lowest BCUT2D eigenvalue weighted by molar-refractivity contribution is 0.0989. The first-order valence-corrected chi connectivity index (χ1v) is 11.2. The molecule has 26 heavy (non-hydrogen) atoms. The number of amides is 1. The number of anilines is 1. The van der Waals surface area contributed by atoms with Crippen molar-refractivity contribution in [1.29, 1.82) is 0 Å². The van der Waals surface area contributed by atoms with Gasteiger partial charge in [-0.1, -0.05) is 18.2 Å². The molecule has 4 rings (SSSR count). The van der Waals surface area contributed by atoms with Crippen LogP contribution < -0.4 is 4.90 Å². The lowest BCUT2D eigenvalue weighted by Crippen LogP contribution is -2.35.